The van der Waals surface area contributed by atoms with Crippen molar-refractivity contribution >= 4 is 0 Å². The molecule has 0 aliphatic rings. The molecule has 3 aromatic rings. The van der Waals surface area contributed by atoms with E-state index in [1.165, 1.54) is 10.4 Å². The summed E-state index contributed by atoms with van der Waals surface area (Å²) in [6.07, 6.45) is -0.786. The lowest BCUT2D eigenvalue weighted by Crippen LogP contribution is -2.24. The van der Waals surface area contributed by atoms with Crippen molar-refractivity contribution in [3.8, 4) is 23.2 Å². The average Bonchev–Trinajstić information content (AvgIpc) is 3.15. The Kier molecular flexibility index (Phi) is 5.79. The second-order valence-corrected chi connectivity index (χ2v) is 6.55. The van der Waals surface area contributed by atoms with Gasteiger partial charge in [-0.15, -0.1) is 10.2 Å². The fourth-order valence-corrected chi connectivity index (χ4v) is 2.51. The molecule has 3 rings (SSSR count). The van der Waals surface area contributed by atoms with E-state index in [-0.39, 0.29) is 13.2 Å². The molecule has 0 aliphatic carbocycles. The van der Waals surface area contributed by atoms with Crippen LogP contribution < -0.4 is 4.74 Å². The molecule has 27 heavy (non-hydrogen) atoms. The molecular weight excluding hydrogens is 342 g/mol. The second kappa shape index (κ2) is 8.43. The van der Waals surface area contributed by atoms with Crippen LogP contribution in [0.5, 0.6) is 5.75 Å². The molecule has 1 aromatic heterocycles. The third-order valence-corrected chi connectivity index (χ3v) is 4.09. The summed E-state index contributed by atoms with van der Waals surface area (Å²) in [5, 5.41) is 31.3. The van der Waals surface area contributed by atoms with E-state index in [0.717, 1.165) is 5.56 Å². The Labute approximate surface area is 157 Å². The maximum Gasteiger partial charge on any atom is 0.204 e. The number of tetrazole rings is 1. The SMILES string of the molecule is CC(C)c1ccc(-c2nnn(C[C@@H](O)COc3ccc(C#N)cc3)n2)cc1. The van der Waals surface area contributed by atoms with E-state index >= 15 is 0 Å². The van der Waals surface area contributed by atoms with Crippen LogP contribution in [-0.2, 0) is 6.54 Å². The van der Waals surface area contributed by atoms with E-state index < -0.39 is 6.10 Å². The monoisotopic (exact) mass is 363 g/mol. The minimum Gasteiger partial charge on any atom is -0.491 e. The highest BCUT2D eigenvalue weighted by Gasteiger charge is 2.11. The first-order valence-corrected chi connectivity index (χ1v) is 8.74. The second-order valence-electron chi connectivity index (χ2n) is 6.55. The van der Waals surface area contributed by atoms with E-state index in [4.69, 9.17) is 10.00 Å². The fourth-order valence-electron chi connectivity index (χ4n) is 2.51. The summed E-state index contributed by atoms with van der Waals surface area (Å²) in [6, 6.07) is 16.8. The van der Waals surface area contributed by atoms with Crippen LogP contribution in [0.25, 0.3) is 11.4 Å². The van der Waals surface area contributed by atoms with Crippen molar-refractivity contribution in [2.45, 2.75) is 32.4 Å². The van der Waals surface area contributed by atoms with E-state index in [9.17, 15) is 5.11 Å². The number of rotatable bonds is 7. The molecule has 1 heterocycles. The van der Waals surface area contributed by atoms with Crippen molar-refractivity contribution in [2.75, 3.05) is 6.61 Å². The third-order valence-electron chi connectivity index (χ3n) is 4.09. The Morgan fingerprint density at radius 1 is 1.11 bits per heavy atom. The quantitative estimate of drug-likeness (QED) is 0.693. The zero-order valence-electron chi connectivity index (χ0n) is 15.3. The van der Waals surface area contributed by atoms with Gasteiger partial charge in [-0.25, -0.2) is 0 Å². The summed E-state index contributed by atoms with van der Waals surface area (Å²) >= 11 is 0. The van der Waals surface area contributed by atoms with Gasteiger partial charge in [-0.3, -0.25) is 0 Å². The molecule has 138 valence electrons. The van der Waals surface area contributed by atoms with Crippen molar-refractivity contribution in [1.82, 2.24) is 20.2 Å². The zero-order valence-corrected chi connectivity index (χ0v) is 15.3. The van der Waals surface area contributed by atoms with Crippen molar-refractivity contribution in [3.05, 3.63) is 59.7 Å². The van der Waals surface area contributed by atoms with Crippen LogP contribution in [-0.4, -0.2) is 38.0 Å². The van der Waals surface area contributed by atoms with Gasteiger partial charge in [0.1, 0.15) is 18.5 Å². The number of hydrogen-bond acceptors (Lipinski definition) is 6. The summed E-state index contributed by atoms with van der Waals surface area (Å²) < 4.78 is 5.52. The highest BCUT2D eigenvalue weighted by atomic mass is 16.5. The van der Waals surface area contributed by atoms with Gasteiger partial charge in [0.15, 0.2) is 0 Å². The van der Waals surface area contributed by atoms with Crippen molar-refractivity contribution in [3.63, 3.8) is 0 Å². The number of nitrogens with zero attached hydrogens (tertiary/aromatic N) is 5. The number of aliphatic hydroxyl groups is 1. The van der Waals surface area contributed by atoms with Gasteiger partial charge >= 0.3 is 0 Å². The summed E-state index contributed by atoms with van der Waals surface area (Å²) in [5.41, 5.74) is 2.69. The normalized spacial score (nSPS) is 12.0. The fraction of sp³-hybridized carbons (Fsp3) is 0.300. The van der Waals surface area contributed by atoms with Crippen molar-refractivity contribution < 1.29 is 9.84 Å². The first-order valence-electron chi connectivity index (χ1n) is 8.74. The Morgan fingerprint density at radius 2 is 1.81 bits per heavy atom. The van der Waals surface area contributed by atoms with Gasteiger partial charge < -0.3 is 9.84 Å². The predicted molar refractivity (Wildman–Crippen MR) is 100 cm³/mol. The molecule has 0 unspecified atom stereocenters. The Balaban J connectivity index is 1.55. The Bertz CT molecular complexity index is 911. The lowest BCUT2D eigenvalue weighted by atomic mass is 10.0. The molecule has 0 spiro atoms. The molecule has 1 atom stereocenters. The van der Waals surface area contributed by atoms with Gasteiger partial charge in [-0.05, 0) is 41.0 Å². The summed E-state index contributed by atoms with van der Waals surface area (Å²) in [5.74, 6) is 1.57. The Hall–Kier alpha value is -3.24. The average molecular weight is 363 g/mol. The highest BCUT2D eigenvalue weighted by Crippen LogP contribution is 2.19. The molecular formula is C20H21N5O2. The molecule has 7 heteroatoms. The molecule has 1 N–H and O–H groups in total. The molecule has 0 aliphatic heterocycles. The molecule has 2 aromatic carbocycles. The van der Waals surface area contributed by atoms with Crippen LogP contribution in [0.1, 0.15) is 30.9 Å². The lowest BCUT2D eigenvalue weighted by molar-refractivity contribution is 0.0850. The van der Waals surface area contributed by atoms with Crippen LogP contribution in [0.2, 0.25) is 0 Å². The molecule has 7 nitrogen and oxygen atoms in total. The van der Waals surface area contributed by atoms with Crippen molar-refractivity contribution in [2.24, 2.45) is 0 Å². The maximum atomic E-state index is 10.1. The topological polar surface area (TPSA) is 96.9 Å². The smallest absolute Gasteiger partial charge is 0.204 e. The van der Waals surface area contributed by atoms with Crippen molar-refractivity contribution in [1.29, 1.82) is 5.26 Å². The van der Waals surface area contributed by atoms with Gasteiger partial charge in [0.05, 0.1) is 18.2 Å². The molecule has 0 saturated heterocycles. The first-order chi connectivity index (χ1) is 13.0. The third kappa shape index (κ3) is 4.90. The number of nitriles is 1. The minimum absolute atomic E-state index is 0.0891. The maximum absolute atomic E-state index is 10.1. The molecule has 0 bridgehead atoms. The van der Waals surface area contributed by atoms with E-state index in [1.807, 2.05) is 18.2 Å². The molecule has 0 amide bonds. The number of aliphatic hydroxyl groups excluding tert-OH is 1. The predicted octanol–water partition coefficient (Wildman–Crippen LogP) is 2.78. The number of benzene rings is 2. The van der Waals surface area contributed by atoms with Gasteiger partial charge in [0, 0.05) is 5.56 Å². The summed E-state index contributed by atoms with van der Waals surface area (Å²) in [4.78, 5) is 1.36. The van der Waals surface area contributed by atoms with Gasteiger partial charge in [0.25, 0.3) is 0 Å². The molecule has 0 radical (unpaired) electrons. The zero-order chi connectivity index (χ0) is 19.2. The number of hydrogen-bond donors (Lipinski definition) is 1. The number of ether oxygens (including phenoxy) is 1. The van der Waals surface area contributed by atoms with Gasteiger partial charge in [-0.1, -0.05) is 38.1 Å². The largest absolute Gasteiger partial charge is 0.491 e. The highest BCUT2D eigenvalue weighted by molar-refractivity contribution is 5.54. The van der Waals surface area contributed by atoms with Crippen LogP contribution >= 0.6 is 0 Å². The van der Waals surface area contributed by atoms with Crippen LogP contribution in [0.4, 0.5) is 0 Å². The summed E-state index contributed by atoms with van der Waals surface area (Å²) in [7, 11) is 0. The van der Waals surface area contributed by atoms with E-state index in [0.29, 0.717) is 23.1 Å². The van der Waals surface area contributed by atoms with Crippen LogP contribution in [0, 0.1) is 11.3 Å². The van der Waals surface area contributed by atoms with Crippen LogP contribution in [0.3, 0.4) is 0 Å². The van der Waals surface area contributed by atoms with Crippen LogP contribution in [0.15, 0.2) is 48.5 Å². The van der Waals surface area contributed by atoms with Gasteiger partial charge in [-0.2, -0.15) is 10.1 Å². The first kappa shape index (κ1) is 18.5. The van der Waals surface area contributed by atoms with E-state index in [2.05, 4.69) is 41.4 Å². The Morgan fingerprint density at radius 3 is 2.44 bits per heavy atom. The lowest BCUT2D eigenvalue weighted by Gasteiger charge is -2.11. The number of aromatic nitrogens is 4. The molecule has 0 saturated carbocycles. The minimum atomic E-state index is -0.786. The van der Waals surface area contributed by atoms with Gasteiger partial charge in [0.2, 0.25) is 5.82 Å². The van der Waals surface area contributed by atoms with E-state index in [1.54, 1.807) is 24.3 Å². The molecule has 0 fully saturated rings. The standard InChI is InChI=1S/C20H21N5O2/c1-14(2)16-5-7-17(8-6-16)20-22-24-25(23-20)12-18(26)13-27-19-9-3-15(11-21)4-10-19/h3-10,14,18,26H,12-13H2,1-2H3/t18-/m1/s1. The summed E-state index contributed by atoms with van der Waals surface area (Å²) in [6.45, 7) is 4.55.